The van der Waals surface area contributed by atoms with E-state index >= 15 is 0 Å². The maximum atomic E-state index is 13.2. The van der Waals surface area contributed by atoms with Gasteiger partial charge in [0.1, 0.15) is 5.75 Å². The zero-order valence-electron chi connectivity index (χ0n) is 16.8. The van der Waals surface area contributed by atoms with Gasteiger partial charge in [0.15, 0.2) is 0 Å². The van der Waals surface area contributed by atoms with E-state index in [1.807, 2.05) is 36.4 Å². The summed E-state index contributed by atoms with van der Waals surface area (Å²) in [6.45, 7) is 7.01. The van der Waals surface area contributed by atoms with Crippen molar-refractivity contribution in [2.24, 2.45) is 5.92 Å². The van der Waals surface area contributed by atoms with Crippen molar-refractivity contribution in [3.63, 3.8) is 0 Å². The summed E-state index contributed by atoms with van der Waals surface area (Å²) in [6.07, 6.45) is 1.80. The lowest BCUT2D eigenvalue weighted by Crippen LogP contribution is -2.27. The van der Waals surface area contributed by atoms with E-state index in [1.54, 1.807) is 0 Å². The Bertz CT molecular complexity index is 1000. The van der Waals surface area contributed by atoms with Gasteiger partial charge in [-0.25, -0.2) is 0 Å². The summed E-state index contributed by atoms with van der Waals surface area (Å²) in [6, 6.07) is 20.4. The highest BCUT2D eigenvalue weighted by Gasteiger charge is 2.51. The van der Waals surface area contributed by atoms with Gasteiger partial charge in [-0.1, -0.05) is 67.9 Å². The number of anilines is 1. The molecule has 0 bridgehead atoms. The molecule has 3 nitrogen and oxygen atoms in total. The molecule has 0 saturated heterocycles. The van der Waals surface area contributed by atoms with Crippen LogP contribution in [0, 0.1) is 12.8 Å². The van der Waals surface area contributed by atoms with Crippen molar-refractivity contribution in [1.29, 1.82) is 0 Å². The van der Waals surface area contributed by atoms with E-state index in [0.717, 1.165) is 40.6 Å². The second-order valence-electron chi connectivity index (χ2n) is 8.26. The van der Waals surface area contributed by atoms with Crippen molar-refractivity contribution in [2.45, 2.75) is 39.0 Å². The molecule has 0 unspecified atom stereocenters. The molecule has 0 heterocycles. The molecule has 0 aromatic heterocycles. The molecule has 28 heavy (non-hydrogen) atoms. The Labute approximate surface area is 166 Å². The minimum atomic E-state index is -0.387. The van der Waals surface area contributed by atoms with Crippen LogP contribution in [0.3, 0.4) is 0 Å². The summed E-state index contributed by atoms with van der Waals surface area (Å²) < 4.78 is 5.99. The van der Waals surface area contributed by atoms with E-state index < -0.39 is 0 Å². The molecule has 144 valence electrons. The average Bonchev–Trinajstić information content (AvgIpc) is 3.50. The van der Waals surface area contributed by atoms with Crippen LogP contribution in [-0.2, 0) is 10.2 Å². The molecule has 1 amide bonds. The van der Waals surface area contributed by atoms with E-state index in [0.29, 0.717) is 12.5 Å². The van der Waals surface area contributed by atoms with Crippen LogP contribution in [0.4, 0.5) is 5.69 Å². The van der Waals surface area contributed by atoms with Gasteiger partial charge < -0.3 is 10.1 Å². The van der Waals surface area contributed by atoms with Crippen molar-refractivity contribution in [3.05, 3.63) is 71.8 Å². The molecule has 1 fully saturated rings. The first kappa shape index (κ1) is 18.5. The Hall–Kier alpha value is -2.81. The zero-order chi connectivity index (χ0) is 19.7. The minimum absolute atomic E-state index is 0.0809. The Balaban J connectivity index is 1.62. The van der Waals surface area contributed by atoms with Crippen LogP contribution in [0.2, 0.25) is 0 Å². The van der Waals surface area contributed by atoms with Gasteiger partial charge in [-0.15, -0.1) is 0 Å². The maximum Gasteiger partial charge on any atom is 0.235 e. The van der Waals surface area contributed by atoms with Crippen molar-refractivity contribution in [3.8, 4) is 5.75 Å². The molecular weight excluding hydrogens is 346 g/mol. The van der Waals surface area contributed by atoms with Crippen molar-refractivity contribution >= 4 is 22.4 Å². The molecule has 3 aromatic carbocycles. The first-order chi connectivity index (χ1) is 13.5. The van der Waals surface area contributed by atoms with E-state index in [4.69, 9.17) is 4.74 Å². The predicted molar refractivity (Wildman–Crippen MR) is 115 cm³/mol. The van der Waals surface area contributed by atoms with E-state index in [2.05, 4.69) is 50.4 Å². The molecule has 0 aliphatic heterocycles. The lowest BCUT2D eigenvalue weighted by atomic mass is 9.94. The van der Waals surface area contributed by atoms with Crippen LogP contribution in [0.25, 0.3) is 10.8 Å². The van der Waals surface area contributed by atoms with Crippen LogP contribution in [0.15, 0.2) is 60.7 Å². The number of carbonyl (C=O) groups excluding carboxylic acids is 1. The van der Waals surface area contributed by atoms with Crippen LogP contribution in [0.5, 0.6) is 5.75 Å². The first-order valence-electron chi connectivity index (χ1n) is 10.0. The molecule has 4 rings (SSSR count). The fourth-order valence-electron chi connectivity index (χ4n) is 3.65. The Morgan fingerprint density at radius 3 is 2.32 bits per heavy atom. The predicted octanol–water partition coefficient (Wildman–Crippen LogP) is 5.85. The van der Waals surface area contributed by atoms with Crippen molar-refractivity contribution < 1.29 is 9.53 Å². The number of carbonyl (C=O) groups is 1. The third-order valence-electron chi connectivity index (χ3n) is 5.49. The number of benzene rings is 3. The summed E-state index contributed by atoms with van der Waals surface area (Å²) >= 11 is 0. The monoisotopic (exact) mass is 373 g/mol. The number of aryl methyl sites for hydroxylation is 1. The molecule has 0 atom stereocenters. The van der Waals surface area contributed by atoms with Gasteiger partial charge in [-0.05, 0) is 43.4 Å². The van der Waals surface area contributed by atoms with Gasteiger partial charge in [-0.2, -0.15) is 0 Å². The normalized spacial score (nSPS) is 14.9. The highest BCUT2D eigenvalue weighted by Crippen LogP contribution is 2.49. The van der Waals surface area contributed by atoms with Gasteiger partial charge in [0.2, 0.25) is 5.91 Å². The lowest BCUT2D eigenvalue weighted by Gasteiger charge is -2.18. The fourth-order valence-corrected chi connectivity index (χ4v) is 3.65. The molecule has 0 spiro atoms. The summed E-state index contributed by atoms with van der Waals surface area (Å²) in [5.41, 5.74) is 2.78. The molecule has 1 aliphatic carbocycles. The quantitative estimate of drug-likeness (QED) is 0.588. The zero-order valence-corrected chi connectivity index (χ0v) is 16.8. The second-order valence-corrected chi connectivity index (χ2v) is 8.26. The van der Waals surface area contributed by atoms with Crippen LogP contribution in [0.1, 0.15) is 37.8 Å². The number of ether oxygens (including phenoxy) is 1. The van der Waals surface area contributed by atoms with E-state index in [9.17, 15) is 4.79 Å². The van der Waals surface area contributed by atoms with E-state index in [-0.39, 0.29) is 11.3 Å². The number of hydrogen-bond acceptors (Lipinski definition) is 2. The number of fused-ring (bicyclic) bond motifs is 1. The Morgan fingerprint density at radius 1 is 1.00 bits per heavy atom. The molecule has 1 N–H and O–H groups in total. The Morgan fingerprint density at radius 2 is 1.68 bits per heavy atom. The van der Waals surface area contributed by atoms with Crippen LogP contribution >= 0.6 is 0 Å². The smallest absolute Gasteiger partial charge is 0.235 e. The number of amides is 1. The average molecular weight is 373 g/mol. The fraction of sp³-hybridized carbons (Fsp3) is 0.320. The lowest BCUT2D eigenvalue weighted by molar-refractivity contribution is -0.118. The second kappa shape index (κ2) is 7.31. The van der Waals surface area contributed by atoms with Gasteiger partial charge in [-0.3, -0.25) is 4.79 Å². The third-order valence-corrected chi connectivity index (χ3v) is 5.49. The maximum absolute atomic E-state index is 13.2. The number of nitrogens with one attached hydrogen (secondary N) is 1. The SMILES string of the molecule is Cc1ccc(C2(C(=O)Nc3ccc(OCC(C)C)c4ccccc34)CC2)cc1. The standard InChI is InChI=1S/C25H27NO2/c1-17(2)16-28-23-13-12-22(20-6-4-5-7-21(20)23)26-24(27)25(14-15-25)19-10-8-18(3)9-11-19/h4-13,17H,14-16H2,1-3H3,(H,26,27). The van der Waals surface area contributed by atoms with Gasteiger partial charge in [0, 0.05) is 16.5 Å². The van der Waals surface area contributed by atoms with Gasteiger partial charge in [0.05, 0.1) is 12.0 Å². The molecule has 3 heteroatoms. The summed E-state index contributed by atoms with van der Waals surface area (Å²) in [7, 11) is 0. The molecule has 1 aliphatic rings. The van der Waals surface area contributed by atoms with Crippen molar-refractivity contribution in [1.82, 2.24) is 0 Å². The highest BCUT2D eigenvalue weighted by atomic mass is 16.5. The largest absolute Gasteiger partial charge is 0.493 e. The Kier molecular flexibility index (Phi) is 4.84. The molecule has 3 aromatic rings. The van der Waals surface area contributed by atoms with Gasteiger partial charge in [0.25, 0.3) is 0 Å². The summed E-state index contributed by atoms with van der Waals surface area (Å²) in [5.74, 6) is 1.40. The van der Waals surface area contributed by atoms with Gasteiger partial charge >= 0.3 is 0 Å². The third kappa shape index (κ3) is 3.49. The number of hydrogen-bond donors (Lipinski definition) is 1. The molecular formula is C25H27NO2. The summed E-state index contributed by atoms with van der Waals surface area (Å²) in [4.78, 5) is 13.2. The summed E-state index contributed by atoms with van der Waals surface area (Å²) in [5, 5.41) is 5.24. The topological polar surface area (TPSA) is 38.3 Å². The van der Waals surface area contributed by atoms with Crippen LogP contribution in [-0.4, -0.2) is 12.5 Å². The molecule has 1 saturated carbocycles. The highest BCUT2D eigenvalue weighted by molar-refractivity contribution is 6.08. The first-order valence-corrected chi connectivity index (χ1v) is 10.0. The van der Waals surface area contributed by atoms with E-state index in [1.165, 1.54) is 5.56 Å². The van der Waals surface area contributed by atoms with Crippen LogP contribution < -0.4 is 10.1 Å². The minimum Gasteiger partial charge on any atom is -0.493 e. The number of rotatable bonds is 6. The molecule has 0 radical (unpaired) electrons. The van der Waals surface area contributed by atoms with Crippen molar-refractivity contribution in [2.75, 3.05) is 11.9 Å².